The lowest BCUT2D eigenvalue weighted by Crippen LogP contribution is -1.95. The number of nitrogens with zero attached hydrogens (tertiary/aromatic N) is 4. The number of aromatic nitrogens is 3. The van der Waals surface area contributed by atoms with Crippen LogP contribution in [0.15, 0.2) is 29.7 Å². The molecule has 0 radical (unpaired) electrons. The molecule has 0 saturated heterocycles. The Bertz CT molecular complexity index is 588. The van der Waals surface area contributed by atoms with Crippen LogP contribution in [0.5, 0.6) is 5.75 Å². The molecule has 0 amide bonds. The van der Waals surface area contributed by atoms with Crippen LogP contribution in [0.4, 0.5) is 0 Å². The second kappa shape index (κ2) is 5.56. The number of rotatable bonds is 4. The Morgan fingerprint density at radius 2 is 2.33 bits per heavy atom. The van der Waals surface area contributed by atoms with Gasteiger partial charge >= 0.3 is 0 Å². The quantitative estimate of drug-likeness (QED) is 0.787. The van der Waals surface area contributed by atoms with Crippen LogP contribution in [-0.4, -0.2) is 21.9 Å². The fourth-order valence-corrected chi connectivity index (χ4v) is 2.39. The van der Waals surface area contributed by atoms with Gasteiger partial charge in [0.2, 0.25) is 0 Å². The van der Waals surface area contributed by atoms with Crippen LogP contribution in [0.2, 0.25) is 0 Å². The van der Waals surface area contributed by atoms with E-state index in [9.17, 15) is 0 Å². The Balaban J connectivity index is 2.18. The number of methoxy groups -OCH3 is 1. The van der Waals surface area contributed by atoms with Crippen LogP contribution in [0.3, 0.4) is 0 Å². The molecule has 0 spiro atoms. The molecule has 0 bridgehead atoms. The van der Waals surface area contributed by atoms with Gasteiger partial charge in [-0.1, -0.05) is 11.8 Å². The van der Waals surface area contributed by atoms with Crippen molar-refractivity contribution in [3.8, 4) is 11.8 Å². The SMILES string of the molecule is COc1ccc(C#N)cc1CSc1ncnn1C. The molecule has 1 heterocycles. The first kappa shape index (κ1) is 12.5. The van der Waals surface area contributed by atoms with E-state index in [1.54, 1.807) is 29.6 Å². The molecular formula is C12H12N4OS. The molecule has 2 aromatic rings. The fourth-order valence-electron chi connectivity index (χ4n) is 1.52. The summed E-state index contributed by atoms with van der Waals surface area (Å²) in [5.74, 6) is 1.47. The summed E-state index contributed by atoms with van der Waals surface area (Å²) in [4.78, 5) is 4.14. The molecule has 5 nitrogen and oxygen atoms in total. The maximum Gasteiger partial charge on any atom is 0.186 e. The van der Waals surface area contributed by atoms with Gasteiger partial charge < -0.3 is 4.74 Å². The summed E-state index contributed by atoms with van der Waals surface area (Å²) < 4.78 is 6.99. The minimum atomic E-state index is 0.629. The molecule has 0 aliphatic rings. The summed E-state index contributed by atoms with van der Waals surface area (Å²) in [6.45, 7) is 0. The molecule has 1 aromatic carbocycles. The van der Waals surface area contributed by atoms with E-state index in [0.29, 0.717) is 11.3 Å². The zero-order chi connectivity index (χ0) is 13.0. The van der Waals surface area contributed by atoms with Gasteiger partial charge in [0.15, 0.2) is 5.16 Å². The molecular weight excluding hydrogens is 248 g/mol. The van der Waals surface area contributed by atoms with Gasteiger partial charge in [-0.2, -0.15) is 10.4 Å². The molecule has 0 fully saturated rings. The Morgan fingerprint density at radius 1 is 1.50 bits per heavy atom. The normalized spacial score (nSPS) is 10.1. The van der Waals surface area contributed by atoms with E-state index >= 15 is 0 Å². The minimum absolute atomic E-state index is 0.629. The summed E-state index contributed by atoms with van der Waals surface area (Å²) in [5, 5.41) is 13.7. The van der Waals surface area contributed by atoms with Gasteiger partial charge in [-0.25, -0.2) is 9.67 Å². The highest BCUT2D eigenvalue weighted by atomic mass is 32.2. The maximum absolute atomic E-state index is 8.90. The van der Waals surface area contributed by atoms with Crippen LogP contribution in [0.1, 0.15) is 11.1 Å². The average Bonchev–Trinajstić information content (AvgIpc) is 2.81. The predicted octanol–water partition coefficient (Wildman–Crippen LogP) is 1.99. The summed E-state index contributed by atoms with van der Waals surface area (Å²) >= 11 is 1.56. The summed E-state index contributed by atoms with van der Waals surface area (Å²) in [5.41, 5.74) is 1.61. The van der Waals surface area contributed by atoms with E-state index in [1.165, 1.54) is 6.33 Å². The minimum Gasteiger partial charge on any atom is -0.496 e. The van der Waals surface area contributed by atoms with Crippen LogP contribution < -0.4 is 4.74 Å². The van der Waals surface area contributed by atoms with E-state index in [-0.39, 0.29) is 0 Å². The lowest BCUT2D eigenvalue weighted by atomic mass is 10.1. The fraction of sp³-hybridized carbons (Fsp3) is 0.250. The second-order valence-corrected chi connectivity index (χ2v) is 4.54. The van der Waals surface area contributed by atoms with E-state index in [1.807, 2.05) is 19.2 Å². The van der Waals surface area contributed by atoms with Crippen molar-refractivity contribution in [3.63, 3.8) is 0 Å². The largest absolute Gasteiger partial charge is 0.496 e. The number of nitriles is 1. The Kier molecular flexibility index (Phi) is 3.85. The van der Waals surface area contributed by atoms with Gasteiger partial charge in [0.25, 0.3) is 0 Å². The van der Waals surface area contributed by atoms with Crippen LogP contribution in [0, 0.1) is 11.3 Å². The number of ether oxygens (including phenoxy) is 1. The highest BCUT2D eigenvalue weighted by Gasteiger charge is 2.07. The summed E-state index contributed by atoms with van der Waals surface area (Å²) in [6.07, 6.45) is 1.52. The van der Waals surface area contributed by atoms with Gasteiger partial charge in [0.1, 0.15) is 12.1 Å². The number of thioether (sulfide) groups is 1. The first-order valence-electron chi connectivity index (χ1n) is 5.28. The Labute approximate surface area is 109 Å². The highest BCUT2D eigenvalue weighted by Crippen LogP contribution is 2.27. The molecule has 1 aromatic heterocycles. The molecule has 0 unspecified atom stereocenters. The van der Waals surface area contributed by atoms with E-state index in [2.05, 4.69) is 16.2 Å². The monoisotopic (exact) mass is 260 g/mol. The zero-order valence-corrected chi connectivity index (χ0v) is 10.9. The van der Waals surface area contributed by atoms with Crippen LogP contribution in [0.25, 0.3) is 0 Å². The molecule has 92 valence electrons. The second-order valence-electron chi connectivity index (χ2n) is 3.59. The van der Waals surface area contributed by atoms with Crippen molar-refractivity contribution in [3.05, 3.63) is 35.7 Å². The van der Waals surface area contributed by atoms with Gasteiger partial charge in [0, 0.05) is 18.4 Å². The molecule has 0 aliphatic carbocycles. The van der Waals surface area contributed by atoms with Gasteiger partial charge in [-0.3, -0.25) is 0 Å². The molecule has 18 heavy (non-hydrogen) atoms. The lowest BCUT2D eigenvalue weighted by Gasteiger charge is -2.08. The van der Waals surface area contributed by atoms with Crippen molar-refractivity contribution in [2.24, 2.45) is 7.05 Å². The smallest absolute Gasteiger partial charge is 0.186 e. The first-order valence-corrected chi connectivity index (χ1v) is 6.27. The van der Waals surface area contributed by atoms with Crippen LogP contribution >= 0.6 is 11.8 Å². The molecule has 0 aliphatic heterocycles. The number of hydrogen-bond donors (Lipinski definition) is 0. The van der Waals surface area contributed by atoms with Gasteiger partial charge in [0.05, 0.1) is 18.7 Å². The maximum atomic E-state index is 8.90. The third-order valence-electron chi connectivity index (χ3n) is 2.44. The lowest BCUT2D eigenvalue weighted by molar-refractivity contribution is 0.411. The van der Waals surface area contributed by atoms with Crippen molar-refractivity contribution in [1.29, 1.82) is 5.26 Å². The predicted molar refractivity (Wildman–Crippen MR) is 68.3 cm³/mol. The van der Waals surface area contributed by atoms with Crippen LogP contribution in [-0.2, 0) is 12.8 Å². The Morgan fingerprint density at radius 3 is 2.94 bits per heavy atom. The van der Waals surface area contributed by atoms with Crippen molar-refractivity contribution < 1.29 is 4.74 Å². The molecule has 0 saturated carbocycles. The Hall–Kier alpha value is -2.00. The van der Waals surface area contributed by atoms with E-state index in [4.69, 9.17) is 10.00 Å². The third kappa shape index (κ3) is 2.63. The summed E-state index contributed by atoms with van der Waals surface area (Å²) in [6, 6.07) is 7.52. The first-order chi connectivity index (χ1) is 8.74. The molecule has 6 heteroatoms. The topological polar surface area (TPSA) is 63.7 Å². The standard InChI is InChI=1S/C12H12N4OS/c1-16-12(14-8-15-16)18-7-10-5-9(6-13)3-4-11(10)17-2/h3-5,8H,7H2,1-2H3. The number of hydrogen-bond acceptors (Lipinski definition) is 5. The van der Waals surface area contributed by atoms with Crippen molar-refractivity contribution >= 4 is 11.8 Å². The number of aryl methyl sites for hydroxylation is 1. The molecule has 2 rings (SSSR count). The van der Waals surface area contributed by atoms with E-state index in [0.717, 1.165) is 16.5 Å². The number of benzene rings is 1. The van der Waals surface area contributed by atoms with Crippen molar-refractivity contribution in [2.45, 2.75) is 10.9 Å². The van der Waals surface area contributed by atoms with Crippen molar-refractivity contribution in [2.75, 3.05) is 7.11 Å². The molecule has 0 N–H and O–H groups in total. The molecule has 0 atom stereocenters. The van der Waals surface area contributed by atoms with Gasteiger partial charge in [-0.15, -0.1) is 0 Å². The summed E-state index contributed by atoms with van der Waals surface area (Å²) in [7, 11) is 3.47. The zero-order valence-electron chi connectivity index (χ0n) is 10.1. The highest BCUT2D eigenvalue weighted by molar-refractivity contribution is 7.98. The van der Waals surface area contributed by atoms with E-state index < -0.39 is 0 Å². The van der Waals surface area contributed by atoms with Gasteiger partial charge in [-0.05, 0) is 18.2 Å². The van der Waals surface area contributed by atoms with Crippen molar-refractivity contribution in [1.82, 2.24) is 14.8 Å². The third-order valence-corrected chi connectivity index (χ3v) is 3.52. The average molecular weight is 260 g/mol.